The van der Waals surface area contributed by atoms with Gasteiger partial charge in [0.05, 0.1) is 12.6 Å². The van der Waals surface area contributed by atoms with Crippen LogP contribution in [0.25, 0.3) is 0 Å². The summed E-state index contributed by atoms with van der Waals surface area (Å²) in [6, 6.07) is 13.7. The van der Waals surface area contributed by atoms with Crippen LogP contribution in [0.5, 0.6) is 11.5 Å². The lowest BCUT2D eigenvalue weighted by Gasteiger charge is -2.23. The monoisotopic (exact) mass is 366 g/mol. The third kappa shape index (κ3) is 3.74. The summed E-state index contributed by atoms with van der Waals surface area (Å²) in [6.07, 6.45) is 3.07. The van der Waals surface area contributed by atoms with Gasteiger partial charge in [-0.3, -0.25) is 10.1 Å². The van der Waals surface area contributed by atoms with Crippen LogP contribution < -0.4 is 14.8 Å². The molecule has 1 heterocycles. The van der Waals surface area contributed by atoms with Gasteiger partial charge in [0, 0.05) is 5.56 Å². The number of ether oxygens (including phenoxy) is 3. The van der Waals surface area contributed by atoms with Crippen molar-refractivity contribution in [3.63, 3.8) is 0 Å². The van der Waals surface area contributed by atoms with E-state index in [0.717, 1.165) is 19.3 Å². The van der Waals surface area contributed by atoms with E-state index in [4.69, 9.17) is 19.2 Å². The quantitative estimate of drug-likeness (QED) is 0.665. The molecule has 0 radical (unpaired) electrons. The molecule has 1 amide bonds. The van der Waals surface area contributed by atoms with Crippen LogP contribution in [0.15, 0.2) is 47.5 Å². The van der Waals surface area contributed by atoms with Gasteiger partial charge in [-0.25, -0.2) is 4.99 Å². The lowest BCUT2D eigenvalue weighted by molar-refractivity contribution is 0.0965. The number of aryl methyl sites for hydroxylation is 1. The highest BCUT2D eigenvalue weighted by atomic mass is 16.7. The van der Waals surface area contributed by atoms with E-state index < -0.39 is 0 Å². The number of carbonyl (C=O) groups is 1. The molecule has 0 aromatic heterocycles. The first-order chi connectivity index (χ1) is 13.2. The third-order valence-corrected chi connectivity index (χ3v) is 4.75. The van der Waals surface area contributed by atoms with Crippen molar-refractivity contribution < 1.29 is 19.0 Å². The standard InChI is InChI=1S/C21H22N2O4/c1-2-25-21(22-17-9-5-7-14-6-3-4-8-16(14)17)23-20(24)15-10-11-18-19(12-15)27-13-26-18/h3-4,6,8,10-12,17H,2,5,7,9,13H2,1H3,(H,22,23,24)/t17-/m1/s1. The Morgan fingerprint density at radius 2 is 2.07 bits per heavy atom. The maximum Gasteiger partial charge on any atom is 0.292 e. The average molecular weight is 366 g/mol. The minimum Gasteiger partial charge on any atom is -0.465 e. The Balaban J connectivity index is 1.54. The summed E-state index contributed by atoms with van der Waals surface area (Å²) in [5, 5.41) is 2.80. The fraction of sp³-hybridized carbons (Fsp3) is 0.333. The zero-order valence-corrected chi connectivity index (χ0v) is 15.2. The minimum absolute atomic E-state index is 0.00597. The first-order valence-electron chi connectivity index (χ1n) is 9.24. The van der Waals surface area contributed by atoms with E-state index in [2.05, 4.69) is 23.5 Å². The smallest absolute Gasteiger partial charge is 0.292 e. The van der Waals surface area contributed by atoms with Crippen molar-refractivity contribution in [1.29, 1.82) is 0 Å². The van der Waals surface area contributed by atoms with Crippen LogP contribution >= 0.6 is 0 Å². The molecule has 6 heteroatoms. The second kappa shape index (κ2) is 7.70. The van der Waals surface area contributed by atoms with Gasteiger partial charge < -0.3 is 14.2 Å². The number of nitrogens with one attached hydrogen (secondary N) is 1. The highest BCUT2D eigenvalue weighted by molar-refractivity contribution is 6.04. The van der Waals surface area contributed by atoms with Crippen LogP contribution in [0, 0.1) is 0 Å². The molecule has 6 nitrogen and oxygen atoms in total. The van der Waals surface area contributed by atoms with Crippen LogP contribution in [-0.2, 0) is 11.2 Å². The number of amidine groups is 1. The van der Waals surface area contributed by atoms with Crippen molar-refractivity contribution in [1.82, 2.24) is 5.32 Å². The maximum absolute atomic E-state index is 12.6. The molecule has 2 aromatic rings. The Hall–Kier alpha value is -3.02. The summed E-state index contributed by atoms with van der Waals surface area (Å²) in [6.45, 7) is 2.47. The normalized spacial score (nSPS) is 18.0. The molecule has 140 valence electrons. The molecule has 4 rings (SSSR count). The maximum atomic E-state index is 12.6. The average Bonchev–Trinajstić information content (AvgIpc) is 3.16. The second-order valence-corrected chi connectivity index (χ2v) is 6.50. The number of benzene rings is 2. The number of nitrogens with zero attached hydrogens (tertiary/aromatic N) is 1. The number of fused-ring (bicyclic) bond motifs is 2. The Morgan fingerprint density at radius 3 is 2.96 bits per heavy atom. The number of carbonyl (C=O) groups excluding carboxylic acids is 1. The van der Waals surface area contributed by atoms with Gasteiger partial charge in [0.2, 0.25) is 6.79 Å². The van der Waals surface area contributed by atoms with Gasteiger partial charge in [0.25, 0.3) is 11.9 Å². The summed E-state index contributed by atoms with van der Waals surface area (Å²) >= 11 is 0. The fourth-order valence-electron chi connectivity index (χ4n) is 3.45. The fourth-order valence-corrected chi connectivity index (χ4v) is 3.45. The van der Waals surface area contributed by atoms with E-state index in [0.29, 0.717) is 23.7 Å². The minimum atomic E-state index is -0.287. The number of rotatable bonds is 3. The van der Waals surface area contributed by atoms with E-state index >= 15 is 0 Å². The first kappa shape index (κ1) is 17.4. The summed E-state index contributed by atoms with van der Waals surface area (Å²) in [5.41, 5.74) is 2.99. The zero-order valence-electron chi connectivity index (χ0n) is 15.2. The van der Waals surface area contributed by atoms with Gasteiger partial charge in [0.15, 0.2) is 11.5 Å². The topological polar surface area (TPSA) is 69.2 Å². The molecule has 1 atom stereocenters. The van der Waals surface area contributed by atoms with E-state index in [1.807, 2.05) is 13.0 Å². The van der Waals surface area contributed by atoms with E-state index in [-0.39, 0.29) is 24.8 Å². The molecule has 0 saturated carbocycles. The zero-order chi connectivity index (χ0) is 18.6. The molecule has 0 bridgehead atoms. The molecular weight excluding hydrogens is 344 g/mol. The molecule has 0 spiro atoms. The molecule has 0 fully saturated rings. The van der Waals surface area contributed by atoms with Crippen LogP contribution in [-0.4, -0.2) is 25.3 Å². The highest BCUT2D eigenvalue weighted by Gasteiger charge is 2.22. The van der Waals surface area contributed by atoms with Crippen molar-refractivity contribution in [2.45, 2.75) is 32.2 Å². The Labute approximate surface area is 158 Å². The van der Waals surface area contributed by atoms with Crippen molar-refractivity contribution >= 4 is 11.9 Å². The SMILES string of the molecule is CCOC(=N[C@@H]1CCCc2ccccc21)NC(=O)c1ccc2c(c1)OCO2. The lowest BCUT2D eigenvalue weighted by Crippen LogP contribution is -2.33. The predicted molar refractivity (Wildman–Crippen MR) is 101 cm³/mol. The summed E-state index contributed by atoms with van der Waals surface area (Å²) < 4.78 is 16.2. The Morgan fingerprint density at radius 1 is 1.22 bits per heavy atom. The summed E-state index contributed by atoms with van der Waals surface area (Å²) in [5.74, 6) is 0.924. The predicted octanol–water partition coefficient (Wildman–Crippen LogP) is 3.62. The third-order valence-electron chi connectivity index (χ3n) is 4.75. The largest absolute Gasteiger partial charge is 0.465 e. The molecule has 1 aliphatic heterocycles. The van der Waals surface area contributed by atoms with Gasteiger partial charge in [-0.15, -0.1) is 0 Å². The Bertz CT molecular complexity index is 878. The molecule has 2 aliphatic rings. The first-order valence-corrected chi connectivity index (χ1v) is 9.24. The Kier molecular flexibility index (Phi) is 4.96. The lowest BCUT2D eigenvalue weighted by atomic mass is 9.88. The molecular formula is C21H22N2O4. The molecule has 0 saturated heterocycles. The van der Waals surface area contributed by atoms with E-state index in [1.54, 1.807) is 18.2 Å². The summed E-state index contributed by atoms with van der Waals surface area (Å²) in [4.78, 5) is 17.4. The number of amides is 1. The van der Waals surface area contributed by atoms with Gasteiger partial charge in [-0.1, -0.05) is 24.3 Å². The number of hydrogen-bond acceptors (Lipinski definition) is 5. The van der Waals surface area contributed by atoms with Crippen LogP contribution in [0.1, 0.15) is 47.3 Å². The van der Waals surface area contributed by atoms with Gasteiger partial charge >= 0.3 is 0 Å². The molecule has 27 heavy (non-hydrogen) atoms. The van der Waals surface area contributed by atoms with Gasteiger partial charge in [-0.05, 0) is 55.5 Å². The molecule has 2 aromatic carbocycles. The van der Waals surface area contributed by atoms with Crippen molar-refractivity contribution in [2.24, 2.45) is 4.99 Å². The van der Waals surface area contributed by atoms with Crippen LogP contribution in [0.3, 0.4) is 0 Å². The van der Waals surface area contributed by atoms with Crippen LogP contribution in [0.4, 0.5) is 0 Å². The molecule has 1 aliphatic carbocycles. The van der Waals surface area contributed by atoms with E-state index in [9.17, 15) is 4.79 Å². The molecule has 0 unspecified atom stereocenters. The number of hydrogen-bond donors (Lipinski definition) is 1. The summed E-state index contributed by atoms with van der Waals surface area (Å²) in [7, 11) is 0. The van der Waals surface area contributed by atoms with Crippen molar-refractivity contribution in [3.05, 3.63) is 59.2 Å². The highest BCUT2D eigenvalue weighted by Crippen LogP contribution is 2.33. The second-order valence-electron chi connectivity index (χ2n) is 6.50. The van der Waals surface area contributed by atoms with Crippen molar-refractivity contribution in [2.75, 3.05) is 13.4 Å². The van der Waals surface area contributed by atoms with Crippen molar-refractivity contribution in [3.8, 4) is 11.5 Å². The number of aliphatic imine (C=N–C) groups is 1. The van der Waals surface area contributed by atoms with E-state index in [1.165, 1.54) is 11.1 Å². The van der Waals surface area contributed by atoms with Gasteiger partial charge in [0.1, 0.15) is 0 Å². The molecule has 1 N–H and O–H groups in total. The van der Waals surface area contributed by atoms with Gasteiger partial charge in [-0.2, -0.15) is 0 Å². The van der Waals surface area contributed by atoms with Crippen LogP contribution in [0.2, 0.25) is 0 Å².